The van der Waals surface area contributed by atoms with Gasteiger partial charge in [0.05, 0.1) is 17.8 Å². The quantitative estimate of drug-likeness (QED) is 0.0353. The molecule has 6 fully saturated rings. The fraction of sp³-hybridized carbons (Fsp3) is 0.863. The molecule has 6 aliphatic carbocycles. The lowest BCUT2D eigenvalue weighted by Crippen LogP contribution is -2.35. The molecule has 6 saturated carbocycles. The zero-order valence-electron chi connectivity index (χ0n) is 40.5. The van der Waals surface area contributed by atoms with E-state index in [1.165, 1.54) is 50.3 Å². The third kappa shape index (κ3) is 17.2. The first kappa shape index (κ1) is 53.0. The lowest BCUT2D eigenvalue weighted by Gasteiger charge is -2.31. The van der Waals surface area contributed by atoms with Gasteiger partial charge >= 0.3 is 29.8 Å². The van der Waals surface area contributed by atoms with Crippen LogP contribution in [-0.2, 0) is 57.2 Å². The average molecular weight is 961 g/mol. The number of carbonyl (C=O) groups is 7. The molecule has 0 N–H and O–H groups in total. The van der Waals surface area contributed by atoms with E-state index in [-0.39, 0.29) is 113 Å². The summed E-state index contributed by atoms with van der Waals surface area (Å²) in [7, 11) is 3.94. The van der Waals surface area contributed by atoms with Gasteiger partial charge in [0.1, 0.15) is 26.4 Å². The van der Waals surface area contributed by atoms with Crippen molar-refractivity contribution in [2.75, 3.05) is 65.9 Å². The molecule has 15 nitrogen and oxygen atoms in total. The molecular formula is C51H80N2O13S. The lowest BCUT2D eigenvalue weighted by atomic mass is 9.76. The van der Waals surface area contributed by atoms with Crippen LogP contribution in [0.25, 0.3) is 0 Å². The van der Waals surface area contributed by atoms with Crippen molar-refractivity contribution in [2.45, 2.75) is 160 Å². The molecule has 10 atom stereocenters. The van der Waals surface area contributed by atoms with Crippen LogP contribution in [0.1, 0.15) is 148 Å². The molecule has 0 aliphatic heterocycles. The fourth-order valence-corrected chi connectivity index (χ4v) is 13.1. The Hall–Kier alpha value is -3.40. The third-order valence-corrected chi connectivity index (χ3v) is 16.9. The Balaban J connectivity index is 0.970. The SMILES string of the molecule is CN(C)CCCSC(=O)N(CCCC(=O)OC(COC=O)COC(=O)C1CCC2CCCC2C1)CCCC(=O)OC(COC(=O)C1CCC2CCCC2C1)COC(=O)C1CCC2CCCC2C1. The van der Waals surface area contributed by atoms with Crippen LogP contribution in [0.15, 0.2) is 0 Å². The first-order valence-corrected chi connectivity index (χ1v) is 26.9. The predicted molar refractivity (Wildman–Crippen MR) is 250 cm³/mol. The number of fused-ring (bicyclic) bond motifs is 3. The van der Waals surface area contributed by atoms with Crippen molar-refractivity contribution in [3.63, 3.8) is 0 Å². The molecule has 6 rings (SSSR count). The second-order valence-electron chi connectivity index (χ2n) is 20.9. The van der Waals surface area contributed by atoms with E-state index in [4.69, 9.17) is 28.4 Å². The normalized spacial score (nSPS) is 28.5. The lowest BCUT2D eigenvalue weighted by molar-refractivity contribution is -0.171. The number of hydrogen-bond acceptors (Lipinski definition) is 15. The van der Waals surface area contributed by atoms with E-state index in [1.54, 1.807) is 4.90 Å². The Morgan fingerprint density at radius 3 is 1.33 bits per heavy atom. The van der Waals surface area contributed by atoms with E-state index in [0.717, 1.165) is 90.0 Å². The Bertz CT molecular complexity index is 1580. The van der Waals surface area contributed by atoms with Gasteiger partial charge in [0, 0.05) is 31.7 Å². The third-order valence-electron chi connectivity index (χ3n) is 15.9. The molecule has 0 saturated heterocycles. The van der Waals surface area contributed by atoms with Crippen molar-refractivity contribution in [2.24, 2.45) is 53.3 Å². The summed E-state index contributed by atoms with van der Waals surface area (Å²) < 4.78 is 33.5. The summed E-state index contributed by atoms with van der Waals surface area (Å²) in [5.41, 5.74) is 0. The minimum absolute atomic E-state index is 0.0356. The maximum atomic E-state index is 13.5. The number of amides is 1. The Morgan fingerprint density at radius 1 is 0.522 bits per heavy atom. The summed E-state index contributed by atoms with van der Waals surface area (Å²) in [4.78, 5) is 94.1. The van der Waals surface area contributed by atoms with Crippen molar-refractivity contribution < 1.29 is 62.0 Å². The van der Waals surface area contributed by atoms with E-state index in [0.29, 0.717) is 41.3 Å². The van der Waals surface area contributed by atoms with Crippen LogP contribution >= 0.6 is 11.8 Å². The van der Waals surface area contributed by atoms with Gasteiger partial charge in [-0.05, 0) is 133 Å². The highest BCUT2D eigenvalue weighted by atomic mass is 32.2. The molecule has 0 aromatic rings. The van der Waals surface area contributed by atoms with Gasteiger partial charge < -0.3 is 38.2 Å². The van der Waals surface area contributed by atoms with E-state index < -0.39 is 24.1 Å². The number of esters is 5. The average Bonchev–Trinajstić information content (AvgIpc) is 4.12. The Labute approximate surface area is 402 Å². The van der Waals surface area contributed by atoms with Gasteiger partial charge in [-0.3, -0.25) is 33.6 Å². The van der Waals surface area contributed by atoms with E-state index in [9.17, 15) is 33.6 Å². The number of hydrogen-bond donors (Lipinski definition) is 0. The van der Waals surface area contributed by atoms with Gasteiger partial charge in [-0.1, -0.05) is 69.5 Å². The Kier molecular flexibility index (Phi) is 21.9. The second kappa shape index (κ2) is 27.7. The van der Waals surface area contributed by atoms with Gasteiger partial charge in [0.25, 0.3) is 11.7 Å². The first-order valence-electron chi connectivity index (χ1n) is 26.0. The maximum absolute atomic E-state index is 13.5. The summed E-state index contributed by atoms with van der Waals surface area (Å²) >= 11 is 1.19. The minimum atomic E-state index is -0.963. The molecule has 67 heavy (non-hydrogen) atoms. The summed E-state index contributed by atoms with van der Waals surface area (Å²) in [5.74, 6) is 1.80. The summed E-state index contributed by atoms with van der Waals surface area (Å²) in [6, 6.07) is 0. The van der Waals surface area contributed by atoms with Gasteiger partial charge in [-0.2, -0.15) is 0 Å². The van der Waals surface area contributed by atoms with Gasteiger partial charge in [0.2, 0.25) is 0 Å². The summed E-state index contributed by atoms with van der Waals surface area (Å²) in [6.07, 6.45) is 18.0. The molecule has 0 bridgehead atoms. The van der Waals surface area contributed by atoms with E-state index in [2.05, 4.69) is 0 Å². The number of carbonyl (C=O) groups excluding carboxylic acids is 7. The molecule has 0 heterocycles. The highest BCUT2D eigenvalue weighted by Crippen LogP contribution is 2.46. The van der Waals surface area contributed by atoms with Crippen molar-refractivity contribution in [1.29, 1.82) is 0 Å². The number of thioether (sulfide) groups is 1. The maximum Gasteiger partial charge on any atom is 0.309 e. The summed E-state index contributed by atoms with van der Waals surface area (Å²) in [5, 5.41) is -0.175. The zero-order valence-corrected chi connectivity index (χ0v) is 41.3. The van der Waals surface area contributed by atoms with Crippen LogP contribution < -0.4 is 0 Å². The van der Waals surface area contributed by atoms with Crippen LogP contribution in [0.5, 0.6) is 0 Å². The fourth-order valence-electron chi connectivity index (χ4n) is 12.3. The van der Waals surface area contributed by atoms with E-state index in [1.807, 2.05) is 19.0 Å². The molecule has 378 valence electrons. The molecule has 1 amide bonds. The molecule has 0 aromatic heterocycles. The molecule has 0 spiro atoms. The van der Waals surface area contributed by atoms with Crippen LogP contribution in [0.4, 0.5) is 4.79 Å². The van der Waals surface area contributed by atoms with Crippen LogP contribution in [0.2, 0.25) is 0 Å². The monoisotopic (exact) mass is 961 g/mol. The highest BCUT2D eigenvalue weighted by Gasteiger charge is 2.40. The van der Waals surface area contributed by atoms with Crippen molar-refractivity contribution in [3.05, 3.63) is 0 Å². The van der Waals surface area contributed by atoms with Gasteiger partial charge in [-0.15, -0.1) is 0 Å². The largest absolute Gasteiger partial charge is 0.464 e. The molecule has 6 aliphatic rings. The van der Waals surface area contributed by atoms with Gasteiger partial charge in [-0.25, -0.2) is 0 Å². The highest BCUT2D eigenvalue weighted by molar-refractivity contribution is 8.13. The standard InChI is InChI=1S/C51H80N2O13S/c1-52(2)23-8-26-67-51(60)53(24-6-15-46(55)65-44(30-61-34-54)31-62-48(57)41-20-17-35-9-3-12-38(35)27-41)25-7-16-47(56)66-45(32-63-49(58)42-21-18-36-10-4-13-39(36)28-42)33-64-50(59)43-22-19-37-11-5-14-40(37)29-43/h34-45H,3-33H2,1-2H3. The van der Waals surface area contributed by atoms with Crippen molar-refractivity contribution in [1.82, 2.24) is 9.80 Å². The minimum Gasteiger partial charge on any atom is -0.464 e. The second-order valence-corrected chi connectivity index (χ2v) is 21.9. The van der Waals surface area contributed by atoms with Gasteiger partial charge in [0.15, 0.2) is 12.2 Å². The molecule has 16 heteroatoms. The first-order chi connectivity index (χ1) is 32.4. The molecule has 0 radical (unpaired) electrons. The topological polar surface area (TPSA) is 181 Å². The van der Waals surface area contributed by atoms with Crippen LogP contribution in [0.3, 0.4) is 0 Å². The van der Waals surface area contributed by atoms with Crippen molar-refractivity contribution >= 4 is 53.3 Å². The summed E-state index contributed by atoms with van der Waals surface area (Å²) in [6.45, 7) is 0.643. The van der Waals surface area contributed by atoms with Crippen LogP contribution in [-0.4, -0.2) is 129 Å². The number of rotatable bonds is 26. The van der Waals surface area contributed by atoms with Crippen LogP contribution in [0, 0.1) is 53.3 Å². The smallest absolute Gasteiger partial charge is 0.309 e. The molecule has 10 unspecified atom stereocenters. The number of ether oxygens (including phenoxy) is 6. The predicted octanol–water partition coefficient (Wildman–Crippen LogP) is 7.93. The van der Waals surface area contributed by atoms with Crippen molar-refractivity contribution in [3.8, 4) is 0 Å². The molecule has 0 aromatic carbocycles. The Morgan fingerprint density at radius 2 is 0.925 bits per heavy atom. The zero-order chi connectivity index (χ0) is 47.5. The molecular weight excluding hydrogens is 881 g/mol. The van der Waals surface area contributed by atoms with E-state index >= 15 is 0 Å². The number of nitrogens with zero attached hydrogens (tertiary/aromatic N) is 2.